The SMILES string of the molecule is CCCC[C@H](CN(O)C=O)C(=O)N[C@H](C(=O)N1CCc2cc(OC)c(OC)cc2C1Cc1ccc(OC)c(OC)c1)C(C)(C)C. The van der Waals surface area contributed by atoms with E-state index in [0.29, 0.717) is 53.9 Å². The number of carbonyl (C=O) groups excluding carboxylic acids is 3. The Hall–Kier alpha value is -3.99. The molecule has 1 unspecified atom stereocenters. The summed E-state index contributed by atoms with van der Waals surface area (Å²) < 4.78 is 22.2. The van der Waals surface area contributed by atoms with Crippen molar-refractivity contribution in [3.05, 3.63) is 47.0 Å². The van der Waals surface area contributed by atoms with E-state index in [9.17, 15) is 19.6 Å². The minimum absolute atomic E-state index is 0.152. The number of hydrogen-bond acceptors (Lipinski definition) is 8. The zero-order chi connectivity index (χ0) is 33.3. The molecule has 0 saturated carbocycles. The number of methoxy groups -OCH3 is 4. The number of nitrogens with zero attached hydrogens (tertiary/aromatic N) is 2. The van der Waals surface area contributed by atoms with Crippen LogP contribution in [-0.4, -0.2) is 81.0 Å². The first-order valence-corrected chi connectivity index (χ1v) is 15.4. The number of rotatable bonds is 15. The van der Waals surface area contributed by atoms with E-state index < -0.39 is 17.4 Å². The summed E-state index contributed by atoms with van der Waals surface area (Å²) in [5.41, 5.74) is 2.28. The maximum atomic E-state index is 14.6. The van der Waals surface area contributed by atoms with Gasteiger partial charge in [0.25, 0.3) is 0 Å². The monoisotopic (exact) mass is 627 g/mol. The van der Waals surface area contributed by atoms with Crippen LogP contribution in [0.4, 0.5) is 0 Å². The second kappa shape index (κ2) is 15.8. The summed E-state index contributed by atoms with van der Waals surface area (Å²) in [6, 6.07) is 8.34. The zero-order valence-corrected chi connectivity index (χ0v) is 27.8. The van der Waals surface area contributed by atoms with Crippen LogP contribution in [0.5, 0.6) is 23.0 Å². The highest BCUT2D eigenvalue weighted by molar-refractivity contribution is 5.90. The van der Waals surface area contributed by atoms with Crippen LogP contribution in [0.1, 0.15) is 69.7 Å². The van der Waals surface area contributed by atoms with E-state index in [0.717, 1.165) is 29.5 Å². The van der Waals surface area contributed by atoms with E-state index in [1.807, 2.05) is 62.9 Å². The molecule has 0 aliphatic carbocycles. The van der Waals surface area contributed by atoms with Crippen molar-refractivity contribution in [1.29, 1.82) is 0 Å². The molecular weight excluding hydrogens is 578 g/mol. The van der Waals surface area contributed by atoms with E-state index in [-0.39, 0.29) is 30.8 Å². The highest BCUT2D eigenvalue weighted by Gasteiger charge is 2.41. The van der Waals surface area contributed by atoms with Crippen molar-refractivity contribution in [1.82, 2.24) is 15.3 Å². The number of benzene rings is 2. The molecule has 0 spiro atoms. The van der Waals surface area contributed by atoms with Crippen LogP contribution in [0.3, 0.4) is 0 Å². The maximum Gasteiger partial charge on any atom is 0.246 e. The minimum atomic E-state index is -0.868. The number of amides is 3. The molecule has 0 aromatic heterocycles. The fourth-order valence-corrected chi connectivity index (χ4v) is 5.84. The lowest BCUT2D eigenvalue weighted by Crippen LogP contribution is -2.58. The van der Waals surface area contributed by atoms with Crippen molar-refractivity contribution in [2.24, 2.45) is 11.3 Å². The van der Waals surface area contributed by atoms with E-state index in [1.165, 1.54) is 0 Å². The molecule has 3 atom stereocenters. The first-order valence-electron chi connectivity index (χ1n) is 15.4. The second-order valence-electron chi connectivity index (χ2n) is 12.5. The second-order valence-corrected chi connectivity index (χ2v) is 12.5. The summed E-state index contributed by atoms with van der Waals surface area (Å²) in [6.45, 7) is 8.02. The van der Waals surface area contributed by atoms with E-state index in [4.69, 9.17) is 18.9 Å². The molecule has 0 bridgehead atoms. The van der Waals surface area contributed by atoms with Gasteiger partial charge in [0.2, 0.25) is 18.2 Å². The molecule has 3 rings (SSSR count). The number of carbonyl (C=O) groups is 3. The van der Waals surface area contributed by atoms with Gasteiger partial charge in [-0.05, 0) is 65.6 Å². The van der Waals surface area contributed by atoms with Crippen LogP contribution in [0.2, 0.25) is 0 Å². The van der Waals surface area contributed by atoms with Gasteiger partial charge in [-0.15, -0.1) is 0 Å². The number of fused-ring (bicyclic) bond motifs is 1. The predicted molar refractivity (Wildman–Crippen MR) is 170 cm³/mol. The highest BCUT2D eigenvalue weighted by Crippen LogP contribution is 2.41. The summed E-state index contributed by atoms with van der Waals surface area (Å²) >= 11 is 0. The number of unbranched alkanes of at least 4 members (excludes halogenated alkanes) is 1. The van der Waals surface area contributed by atoms with Crippen molar-refractivity contribution >= 4 is 18.2 Å². The number of hydrogen-bond donors (Lipinski definition) is 2. The fraction of sp³-hybridized carbons (Fsp3) is 0.559. The van der Waals surface area contributed by atoms with Crippen LogP contribution in [0, 0.1) is 11.3 Å². The summed E-state index contributed by atoms with van der Waals surface area (Å²) in [6.07, 6.45) is 3.40. The van der Waals surface area contributed by atoms with Crippen molar-refractivity contribution < 1.29 is 38.5 Å². The standard InChI is InChI=1S/C34H49N3O8/c1-9-10-11-24(20-36(41)21-38)32(39)35-31(34(2,3)4)33(40)37-15-14-23-18-29(44-7)30(45-8)19-25(23)26(37)16-22-12-13-27(42-5)28(17-22)43-6/h12-13,17-19,21,24,26,31,41H,9-11,14-16,20H2,1-8H3,(H,35,39)/t24-,26?,31-/m1/s1. The van der Waals surface area contributed by atoms with Crippen molar-refractivity contribution in [3.8, 4) is 23.0 Å². The molecule has 11 heteroatoms. The Bertz CT molecular complexity index is 1330. The van der Waals surface area contributed by atoms with Crippen LogP contribution < -0.4 is 24.3 Å². The van der Waals surface area contributed by atoms with Gasteiger partial charge in [-0.2, -0.15) is 0 Å². The molecule has 248 valence electrons. The summed E-state index contributed by atoms with van der Waals surface area (Å²) in [7, 11) is 6.34. The van der Waals surface area contributed by atoms with Crippen LogP contribution >= 0.6 is 0 Å². The first-order chi connectivity index (χ1) is 21.4. The molecule has 45 heavy (non-hydrogen) atoms. The summed E-state index contributed by atoms with van der Waals surface area (Å²) in [5, 5.41) is 13.4. The van der Waals surface area contributed by atoms with E-state index >= 15 is 0 Å². The number of ether oxygens (including phenoxy) is 4. The molecule has 0 radical (unpaired) electrons. The summed E-state index contributed by atoms with van der Waals surface area (Å²) in [5.74, 6) is 1.11. The van der Waals surface area contributed by atoms with Gasteiger partial charge in [0.05, 0.1) is 46.9 Å². The van der Waals surface area contributed by atoms with Gasteiger partial charge in [0.1, 0.15) is 6.04 Å². The molecule has 0 saturated heterocycles. The Labute approximate surface area is 266 Å². The molecule has 1 aliphatic heterocycles. The Morgan fingerprint density at radius 3 is 2.22 bits per heavy atom. The van der Waals surface area contributed by atoms with Crippen LogP contribution in [-0.2, 0) is 27.2 Å². The Morgan fingerprint density at radius 1 is 1.02 bits per heavy atom. The first kappa shape index (κ1) is 35.5. The normalized spacial score (nSPS) is 15.8. The smallest absolute Gasteiger partial charge is 0.246 e. The lowest BCUT2D eigenvalue weighted by atomic mass is 9.82. The average Bonchev–Trinajstić information content (AvgIpc) is 3.03. The van der Waals surface area contributed by atoms with Gasteiger partial charge in [-0.25, -0.2) is 5.06 Å². The fourth-order valence-electron chi connectivity index (χ4n) is 5.84. The molecule has 1 aliphatic rings. The third-order valence-corrected chi connectivity index (χ3v) is 8.37. The van der Waals surface area contributed by atoms with Gasteiger partial charge >= 0.3 is 0 Å². The van der Waals surface area contributed by atoms with Gasteiger partial charge < -0.3 is 29.2 Å². The van der Waals surface area contributed by atoms with Gasteiger partial charge in [-0.3, -0.25) is 19.6 Å². The predicted octanol–water partition coefficient (Wildman–Crippen LogP) is 4.57. The van der Waals surface area contributed by atoms with E-state index in [2.05, 4.69) is 5.32 Å². The lowest BCUT2D eigenvalue weighted by molar-refractivity contribution is -0.155. The van der Waals surface area contributed by atoms with Crippen molar-refractivity contribution in [3.63, 3.8) is 0 Å². The van der Waals surface area contributed by atoms with Crippen molar-refractivity contribution in [2.45, 2.75) is 71.9 Å². The third-order valence-electron chi connectivity index (χ3n) is 8.37. The van der Waals surface area contributed by atoms with Gasteiger partial charge in [-0.1, -0.05) is 46.6 Å². The minimum Gasteiger partial charge on any atom is -0.493 e. The van der Waals surface area contributed by atoms with E-state index in [1.54, 1.807) is 28.4 Å². The average molecular weight is 628 g/mol. The molecule has 11 nitrogen and oxygen atoms in total. The maximum absolute atomic E-state index is 14.6. The summed E-state index contributed by atoms with van der Waals surface area (Å²) in [4.78, 5) is 41.2. The molecule has 2 N–H and O–H groups in total. The van der Waals surface area contributed by atoms with Crippen LogP contribution in [0.25, 0.3) is 0 Å². The largest absolute Gasteiger partial charge is 0.493 e. The molecular formula is C34H49N3O8. The molecule has 3 amide bonds. The number of nitrogens with one attached hydrogen (secondary N) is 1. The molecule has 0 fully saturated rings. The molecule has 2 aromatic rings. The molecule has 1 heterocycles. The Balaban J connectivity index is 2.05. The molecule has 2 aromatic carbocycles. The van der Waals surface area contributed by atoms with Crippen molar-refractivity contribution in [2.75, 3.05) is 41.5 Å². The topological polar surface area (TPSA) is 127 Å². The zero-order valence-electron chi connectivity index (χ0n) is 27.8. The van der Waals surface area contributed by atoms with Crippen LogP contribution in [0.15, 0.2) is 30.3 Å². The Morgan fingerprint density at radius 2 is 1.64 bits per heavy atom. The van der Waals surface area contributed by atoms with Gasteiger partial charge in [0.15, 0.2) is 23.0 Å². The lowest BCUT2D eigenvalue weighted by Gasteiger charge is -2.42. The quantitative estimate of drug-likeness (QED) is 0.167. The Kier molecular flexibility index (Phi) is 12.5. The highest BCUT2D eigenvalue weighted by atomic mass is 16.5. The third kappa shape index (κ3) is 8.59. The van der Waals surface area contributed by atoms with Gasteiger partial charge in [0, 0.05) is 6.54 Å². The number of hydroxylamine groups is 2.